The summed E-state index contributed by atoms with van der Waals surface area (Å²) in [5.74, 6) is 1.63. The minimum absolute atomic E-state index is 0.246. The van der Waals surface area contributed by atoms with Crippen molar-refractivity contribution in [3.8, 4) is 5.75 Å². The number of aromatic amines is 1. The molecule has 0 saturated heterocycles. The Morgan fingerprint density at radius 2 is 2.15 bits per heavy atom. The molecule has 0 unspecified atom stereocenters. The number of fused-ring (bicyclic) bond motifs is 1. The van der Waals surface area contributed by atoms with Crippen LogP contribution in [0.25, 0.3) is 10.9 Å². The normalized spacial score (nSPS) is 15.8. The van der Waals surface area contributed by atoms with E-state index < -0.39 is 0 Å². The molecule has 3 rings (SSSR count). The first-order valence-electron chi connectivity index (χ1n) is 7.55. The fourth-order valence-corrected chi connectivity index (χ4v) is 3.23. The van der Waals surface area contributed by atoms with Gasteiger partial charge in [0.15, 0.2) is 5.78 Å². The number of aromatic nitrogens is 1. The van der Waals surface area contributed by atoms with E-state index in [2.05, 4.69) is 4.98 Å². The van der Waals surface area contributed by atoms with E-state index >= 15 is 0 Å². The highest BCUT2D eigenvalue weighted by molar-refractivity contribution is 6.10. The number of benzene rings is 1. The van der Waals surface area contributed by atoms with Crippen molar-refractivity contribution in [3.63, 3.8) is 0 Å². The summed E-state index contributed by atoms with van der Waals surface area (Å²) in [6.07, 6.45) is 7.46. The molecular formula is C17H21NO2. The van der Waals surface area contributed by atoms with E-state index in [4.69, 9.17) is 4.74 Å². The summed E-state index contributed by atoms with van der Waals surface area (Å²) in [7, 11) is 0. The largest absolute Gasteiger partial charge is 0.493 e. The second-order valence-corrected chi connectivity index (χ2v) is 5.59. The zero-order valence-electron chi connectivity index (χ0n) is 11.9. The molecule has 0 amide bonds. The number of rotatable bonds is 5. The molecule has 1 aromatic heterocycles. The molecule has 0 bridgehead atoms. The molecule has 1 aliphatic carbocycles. The fraction of sp³-hybridized carbons (Fsp3) is 0.471. The molecule has 3 nitrogen and oxygen atoms in total. The van der Waals surface area contributed by atoms with Gasteiger partial charge in [-0.15, -0.1) is 0 Å². The van der Waals surface area contributed by atoms with Gasteiger partial charge in [0.2, 0.25) is 0 Å². The molecule has 1 saturated carbocycles. The summed E-state index contributed by atoms with van der Waals surface area (Å²) < 4.78 is 5.67. The maximum atomic E-state index is 12.6. The summed E-state index contributed by atoms with van der Waals surface area (Å²) in [5, 5.41) is 0.942. The zero-order chi connectivity index (χ0) is 13.9. The molecule has 1 fully saturated rings. The third-order valence-electron chi connectivity index (χ3n) is 4.22. The predicted octanol–water partition coefficient (Wildman–Crippen LogP) is 4.33. The second kappa shape index (κ2) is 5.70. The van der Waals surface area contributed by atoms with Crippen molar-refractivity contribution in [3.05, 3.63) is 30.0 Å². The number of H-pyrrole nitrogens is 1. The Balaban J connectivity index is 1.91. The molecule has 0 aliphatic heterocycles. The van der Waals surface area contributed by atoms with Crippen LogP contribution >= 0.6 is 0 Å². The van der Waals surface area contributed by atoms with E-state index in [1.165, 1.54) is 25.7 Å². The Labute approximate surface area is 119 Å². The van der Waals surface area contributed by atoms with E-state index in [-0.39, 0.29) is 5.78 Å². The fourth-order valence-electron chi connectivity index (χ4n) is 3.23. The molecule has 3 heteroatoms. The summed E-state index contributed by atoms with van der Waals surface area (Å²) in [5.41, 5.74) is 1.77. The standard InChI is InChI=1S/C17H21NO2/c1-2-20-16-9-5-8-14-17(16)13(11-18-14)15(19)10-12-6-3-4-7-12/h5,8-9,11-12,18H,2-4,6-7,10H2,1H3. The van der Waals surface area contributed by atoms with Gasteiger partial charge in [0.25, 0.3) is 0 Å². The average molecular weight is 271 g/mol. The maximum Gasteiger partial charge on any atom is 0.165 e. The van der Waals surface area contributed by atoms with Gasteiger partial charge in [-0.2, -0.15) is 0 Å². The molecule has 106 valence electrons. The van der Waals surface area contributed by atoms with Gasteiger partial charge in [0.1, 0.15) is 5.75 Å². The highest BCUT2D eigenvalue weighted by atomic mass is 16.5. The van der Waals surface area contributed by atoms with Gasteiger partial charge >= 0.3 is 0 Å². The van der Waals surface area contributed by atoms with Crippen LogP contribution in [0.1, 0.15) is 49.4 Å². The number of carbonyl (C=O) groups excluding carboxylic acids is 1. The molecule has 2 aromatic rings. The van der Waals surface area contributed by atoms with Crippen LogP contribution in [0.2, 0.25) is 0 Å². The lowest BCUT2D eigenvalue weighted by atomic mass is 9.96. The Kier molecular flexibility index (Phi) is 3.77. The lowest BCUT2D eigenvalue weighted by molar-refractivity contribution is 0.0963. The van der Waals surface area contributed by atoms with Gasteiger partial charge in [-0.1, -0.05) is 31.7 Å². The number of carbonyl (C=O) groups is 1. The Bertz CT molecular complexity index is 608. The number of hydrogen-bond acceptors (Lipinski definition) is 2. The summed E-state index contributed by atoms with van der Waals surface area (Å²) >= 11 is 0. The SMILES string of the molecule is CCOc1cccc2[nH]cc(C(=O)CC3CCCC3)c12. The Morgan fingerprint density at radius 1 is 1.35 bits per heavy atom. The van der Waals surface area contributed by atoms with E-state index in [9.17, 15) is 4.79 Å². The zero-order valence-corrected chi connectivity index (χ0v) is 11.9. The average Bonchev–Trinajstić information content (AvgIpc) is 3.08. The molecule has 20 heavy (non-hydrogen) atoms. The minimum atomic E-state index is 0.246. The summed E-state index contributed by atoms with van der Waals surface area (Å²) in [6.45, 7) is 2.58. The lowest BCUT2D eigenvalue weighted by Crippen LogP contribution is -2.05. The van der Waals surface area contributed by atoms with Crippen LogP contribution in [0.5, 0.6) is 5.75 Å². The number of ketones is 1. The third kappa shape index (κ3) is 2.45. The predicted molar refractivity (Wildman–Crippen MR) is 80.4 cm³/mol. The van der Waals surface area contributed by atoms with Crippen LogP contribution in [-0.4, -0.2) is 17.4 Å². The molecule has 0 spiro atoms. The van der Waals surface area contributed by atoms with Gasteiger partial charge < -0.3 is 9.72 Å². The van der Waals surface area contributed by atoms with Crippen LogP contribution < -0.4 is 4.74 Å². The lowest BCUT2D eigenvalue weighted by Gasteiger charge is -2.09. The number of nitrogens with one attached hydrogen (secondary N) is 1. The molecule has 1 N–H and O–H groups in total. The highest BCUT2D eigenvalue weighted by Crippen LogP contribution is 2.33. The van der Waals surface area contributed by atoms with Crippen LogP contribution in [0.4, 0.5) is 0 Å². The molecule has 1 heterocycles. The monoisotopic (exact) mass is 271 g/mol. The Morgan fingerprint density at radius 3 is 2.90 bits per heavy atom. The van der Waals surface area contributed by atoms with Crippen molar-refractivity contribution in [2.75, 3.05) is 6.61 Å². The second-order valence-electron chi connectivity index (χ2n) is 5.59. The van der Waals surface area contributed by atoms with Crippen molar-refractivity contribution in [2.45, 2.75) is 39.0 Å². The van der Waals surface area contributed by atoms with Gasteiger partial charge in [-0.25, -0.2) is 0 Å². The van der Waals surface area contributed by atoms with E-state index in [0.717, 1.165) is 22.2 Å². The summed E-state index contributed by atoms with van der Waals surface area (Å²) in [6, 6.07) is 5.88. The first kappa shape index (κ1) is 13.2. The molecule has 0 atom stereocenters. The van der Waals surface area contributed by atoms with Crippen LogP contribution in [0.15, 0.2) is 24.4 Å². The smallest absolute Gasteiger partial charge is 0.165 e. The van der Waals surface area contributed by atoms with E-state index in [1.54, 1.807) is 0 Å². The third-order valence-corrected chi connectivity index (χ3v) is 4.22. The van der Waals surface area contributed by atoms with Crippen molar-refractivity contribution >= 4 is 16.7 Å². The maximum absolute atomic E-state index is 12.6. The molecule has 1 aromatic carbocycles. The van der Waals surface area contributed by atoms with Gasteiger partial charge in [-0.05, 0) is 25.0 Å². The van der Waals surface area contributed by atoms with Crippen LogP contribution in [0.3, 0.4) is 0 Å². The summed E-state index contributed by atoms with van der Waals surface area (Å²) in [4.78, 5) is 15.7. The van der Waals surface area contributed by atoms with Crippen molar-refractivity contribution < 1.29 is 9.53 Å². The first-order valence-corrected chi connectivity index (χ1v) is 7.55. The topological polar surface area (TPSA) is 42.1 Å². The van der Waals surface area contributed by atoms with Crippen LogP contribution in [0, 0.1) is 5.92 Å². The van der Waals surface area contributed by atoms with Crippen molar-refractivity contribution in [2.24, 2.45) is 5.92 Å². The Hall–Kier alpha value is -1.77. The quantitative estimate of drug-likeness (QED) is 0.822. The minimum Gasteiger partial charge on any atom is -0.493 e. The molecular weight excluding hydrogens is 250 g/mol. The van der Waals surface area contributed by atoms with Gasteiger partial charge in [0.05, 0.1) is 12.0 Å². The number of hydrogen-bond donors (Lipinski definition) is 1. The van der Waals surface area contributed by atoms with Gasteiger partial charge in [0, 0.05) is 23.7 Å². The van der Waals surface area contributed by atoms with Crippen molar-refractivity contribution in [1.82, 2.24) is 4.98 Å². The van der Waals surface area contributed by atoms with Crippen molar-refractivity contribution in [1.29, 1.82) is 0 Å². The molecule has 1 aliphatic rings. The number of ether oxygens (including phenoxy) is 1. The van der Waals surface area contributed by atoms with Crippen LogP contribution in [-0.2, 0) is 0 Å². The van der Waals surface area contributed by atoms with Gasteiger partial charge in [-0.3, -0.25) is 4.79 Å². The first-order chi connectivity index (χ1) is 9.79. The number of Topliss-reactive ketones (excluding diaryl/α,β-unsaturated/α-hetero) is 1. The molecule has 0 radical (unpaired) electrons. The van der Waals surface area contributed by atoms with E-state index in [0.29, 0.717) is 18.9 Å². The highest BCUT2D eigenvalue weighted by Gasteiger charge is 2.22. The van der Waals surface area contributed by atoms with E-state index in [1.807, 2.05) is 31.3 Å².